The number of hydrogen-bond donors (Lipinski definition) is 4. The van der Waals surface area contributed by atoms with E-state index in [1.54, 1.807) is 0 Å². The number of rotatable bonds is 2. The van der Waals surface area contributed by atoms with Crippen molar-refractivity contribution in [2.45, 2.75) is 12.5 Å². The minimum Gasteiger partial charge on any atom is -0.494 e. The van der Waals surface area contributed by atoms with Crippen molar-refractivity contribution in [1.82, 2.24) is 14.5 Å². The van der Waals surface area contributed by atoms with Gasteiger partial charge in [-0.1, -0.05) is 18.2 Å². The third-order valence-corrected chi connectivity index (χ3v) is 5.76. The lowest BCUT2D eigenvalue weighted by Gasteiger charge is -2.22. The number of quaternary nitrogens is 1. The van der Waals surface area contributed by atoms with E-state index in [1.165, 1.54) is 28.8 Å². The molecule has 0 radical (unpaired) electrons. The number of aromatic nitrogens is 3. The van der Waals surface area contributed by atoms with Crippen molar-refractivity contribution in [3.63, 3.8) is 0 Å². The lowest BCUT2D eigenvalue weighted by Crippen LogP contribution is -2.87. The average molecular weight is 409 g/mol. The van der Waals surface area contributed by atoms with E-state index in [2.05, 4.69) is 16.0 Å². The van der Waals surface area contributed by atoms with Crippen molar-refractivity contribution in [2.75, 3.05) is 6.54 Å². The number of nitrogens with zero attached hydrogens (tertiary/aromatic N) is 1. The second kappa shape index (κ2) is 6.68. The lowest BCUT2D eigenvalue weighted by molar-refractivity contribution is -0.690. The van der Waals surface area contributed by atoms with E-state index in [0.29, 0.717) is 5.69 Å². The molecule has 0 bridgehead atoms. The monoisotopic (exact) mass is 409 g/mol. The predicted molar refractivity (Wildman–Crippen MR) is 109 cm³/mol. The Morgan fingerprint density at radius 1 is 1.14 bits per heavy atom. The first-order valence-corrected chi connectivity index (χ1v) is 9.72. The van der Waals surface area contributed by atoms with Crippen molar-refractivity contribution in [3.8, 4) is 11.6 Å². The summed E-state index contributed by atoms with van der Waals surface area (Å²) in [7, 11) is 0. The zero-order valence-electron chi connectivity index (χ0n) is 15.3. The Morgan fingerprint density at radius 3 is 2.69 bits per heavy atom. The van der Waals surface area contributed by atoms with Crippen molar-refractivity contribution in [3.05, 3.63) is 86.3 Å². The minimum absolute atomic E-state index is 0.0514. The Morgan fingerprint density at radius 2 is 1.90 bits per heavy atom. The molecular weight excluding hydrogens is 391 g/mol. The molecule has 2 aromatic heterocycles. The normalized spacial score (nSPS) is 16.1. The molecule has 2 aromatic carbocycles. The molecule has 5 N–H and O–H groups in total. The van der Waals surface area contributed by atoms with E-state index in [9.17, 15) is 14.3 Å². The SMILES string of the molecule is O=c1[nH]c(=S)n(-c2ccc(F)cc2)c(O)c1[C@H]1[NH2+]CCc2c1[nH]c1ccccc21. The number of aromatic hydroxyl groups is 1. The molecule has 0 spiro atoms. The molecular formula is C21H18FN4O2S+. The highest BCUT2D eigenvalue weighted by atomic mass is 32.1. The van der Waals surface area contributed by atoms with Crippen LogP contribution in [0.1, 0.15) is 22.9 Å². The molecule has 0 unspecified atom stereocenters. The predicted octanol–water partition coefficient (Wildman–Crippen LogP) is 2.43. The van der Waals surface area contributed by atoms with Gasteiger partial charge in [-0.25, -0.2) is 4.39 Å². The fourth-order valence-corrected chi connectivity index (χ4v) is 4.46. The summed E-state index contributed by atoms with van der Waals surface area (Å²) in [5.74, 6) is -0.633. The zero-order valence-corrected chi connectivity index (χ0v) is 16.1. The van der Waals surface area contributed by atoms with Gasteiger partial charge in [0, 0.05) is 17.3 Å². The smallest absolute Gasteiger partial charge is 0.265 e. The number of H-pyrrole nitrogens is 2. The summed E-state index contributed by atoms with van der Waals surface area (Å²) >= 11 is 5.27. The topological polar surface area (TPSA) is 90.4 Å². The number of nitrogens with two attached hydrogens (primary N) is 1. The lowest BCUT2D eigenvalue weighted by atomic mass is 9.95. The van der Waals surface area contributed by atoms with E-state index in [-0.39, 0.29) is 16.2 Å². The maximum atomic E-state index is 13.3. The molecule has 0 fully saturated rings. The molecule has 4 aromatic rings. The van der Waals surface area contributed by atoms with Crippen LogP contribution < -0.4 is 10.9 Å². The highest BCUT2D eigenvalue weighted by molar-refractivity contribution is 7.71. The molecule has 29 heavy (non-hydrogen) atoms. The van der Waals surface area contributed by atoms with Gasteiger partial charge in [-0.15, -0.1) is 0 Å². The van der Waals surface area contributed by atoms with Gasteiger partial charge in [0.25, 0.3) is 5.56 Å². The van der Waals surface area contributed by atoms with Crippen LogP contribution in [0, 0.1) is 10.6 Å². The Hall–Kier alpha value is -3.23. The fraction of sp³-hybridized carbons (Fsp3) is 0.143. The maximum absolute atomic E-state index is 13.3. The fourth-order valence-electron chi connectivity index (χ4n) is 4.18. The number of benzene rings is 2. The first-order chi connectivity index (χ1) is 14.0. The Balaban J connectivity index is 1.74. The third-order valence-electron chi connectivity index (χ3n) is 5.47. The summed E-state index contributed by atoms with van der Waals surface area (Å²) in [6, 6.07) is 13.2. The molecule has 0 saturated carbocycles. The molecule has 0 aliphatic carbocycles. The number of para-hydroxylation sites is 1. The van der Waals surface area contributed by atoms with Gasteiger partial charge in [0.05, 0.1) is 17.9 Å². The minimum atomic E-state index is -0.432. The number of hydrogen-bond acceptors (Lipinski definition) is 3. The van der Waals surface area contributed by atoms with Gasteiger partial charge in [0.2, 0.25) is 5.88 Å². The second-order valence-corrected chi connectivity index (χ2v) is 7.51. The number of fused-ring (bicyclic) bond motifs is 3. The first kappa shape index (κ1) is 17.8. The van der Waals surface area contributed by atoms with E-state index >= 15 is 0 Å². The molecule has 3 heterocycles. The van der Waals surface area contributed by atoms with Crippen LogP contribution in [0.15, 0.2) is 53.3 Å². The van der Waals surface area contributed by atoms with Crippen molar-refractivity contribution >= 4 is 23.1 Å². The molecule has 8 heteroatoms. The second-order valence-electron chi connectivity index (χ2n) is 7.12. The quantitative estimate of drug-likeness (QED) is 0.383. The van der Waals surface area contributed by atoms with Crippen LogP contribution in [0.4, 0.5) is 4.39 Å². The van der Waals surface area contributed by atoms with Crippen LogP contribution in [-0.2, 0) is 6.42 Å². The summed E-state index contributed by atoms with van der Waals surface area (Å²) in [5.41, 5.74) is 3.32. The molecule has 1 aliphatic rings. The Kier molecular flexibility index (Phi) is 4.11. The van der Waals surface area contributed by atoms with Crippen LogP contribution >= 0.6 is 12.2 Å². The first-order valence-electron chi connectivity index (χ1n) is 9.31. The molecule has 0 saturated heterocycles. The maximum Gasteiger partial charge on any atom is 0.265 e. The molecule has 146 valence electrons. The van der Waals surface area contributed by atoms with Crippen molar-refractivity contribution in [2.24, 2.45) is 0 Å². The summed E-state index contributed by atoms with van der Waals surface area (Å²) < 4.78 is 14.7. The van der Waals surface area contributed by atoms with Gasteiger partial charge >= 0.3 is 0 Å². The number of halogens is 1. The molecule has 1 atom stereocenters. The number of aromatic amines is 2. The van der Waals surface area contributed by atoms with Crippen molar-refractivity contribution in [1.29, 1.82) is 0 Å². The zero-order chi connectivity index (χ0) is 20.1. The highest BCUT2D eigenvalue weighted by Crippen LogP contribution is 2.33. The third kappa shape index (κ3) is 2.80. The summed E-state index contributed by atoms with van der Waals surface area (Å²) in [6.07, 6.45) is 0.867. The summed E-state index contributed by atoms with van der Waals surface area (Å²) in [6.45, 7) is 0.782. The van der Waals surface area contributed by atoms with Gasteiger partial charge in [0.1, 0.15) is 11.4 Å². The van der Waals surface area contributed by atoms with Gasteiger partial charge in [-0.2, -0.15) is 0 Å². The summed E-state index contributed by atoms with van der Waals surface area (Å²) in [4.78, 5) is 18.9. The van der Waals surface area contributed by atoms with Gasteiger partial charge in [-0.3, -0.25) is 14.3 Å². The highest BCUT2D eigenvalue weighted by Gasteiger charge is 2.34. The Labute approximate surface area is 169 Å². The average Bonchev–Trinajstić information content (AvgIpc) is 3.09. The standard InChI is InChI=1S/C21H17FN4O2S/c22-11-5-7-12(8-6-11)26-20(28)16(19(27)25-21(26)29)18-17-14(9-10-23-18)13-3-1-2-4-15(13)24-17/h1-8,18,23-24,28H,9-10H2,(H,25,27,29)/p+1/t18-/m1/s1. The number of nitrogens with one attached hydrogen (secondary N) is 2. The van der Waals surface area contributed by atoms with E-state index in [4.69, 9.17) is 12.2 Å². The largest absolute Gasteiger partial charge is 0.494 e. The van der Waals surface area contributed by atoms with Gasteiger partial charge in [0.15, 0.2) is 10.8 Å². The van der Waals surface area contributed by atoms with Gasteiger partial charge < -0.3 is 15.4 Å². The van der Waals surface area contributed by atoms with Crippen LogP contribution in [-0.4, -0.2) is 26.2 Å². The van der Waals surface area contributed by atoms with Gasteiger partial charge in [-0.05, 0) is 48.1 Å². The van der Waals surface area contributed by atoms with Crippen LogP contribution in [0.2, 0.25) is 0 Å². The molecule has 0 amide bonds. The van der Waals surface area contributed by atoms with Crippen molar-refractivity contribution < 1.29 is 14.8 Å². The Bertz CT molecular complexity index is 1350. The van der Waals surface area contributed by atoms with E-state index in [1.807, 2.05) is 23.5 Å². The van der Waals surface area contributed by atoms with Crippen LogP contribution in [0.5, 0.6) is 5.88 Å². The summed E-state index contributed by atoms with van der Waals surface area (Å²) in [5, 5.41) is 14.2. The van der Waals surface area contributed by atoms with E-state index < -0.39 is 17.4 Å². The van der Waals surface area contributed by atoms with Crippen LogP contribution in [0.3, 0.4) is 0 Å². The van der Waals surface area contributed by atoms with E-state index in [0.717, 1.165) is 35.1 Å². The molecule has 1 aliphatic heterocycles. The molecule has 5 rings (SSSR count). The molecule has 6 nitrogen and oxygen atoms in total. The van der Waals surface area contributed by atoms with Crippen LogP contribution in [0.25, 0.3) is 16.6 Å².